The van der Waals surface area contributed by atoms with E-state index in [1.165, 1.54) is 0 Å². The molecule has 0 bridgehead atoms. The number of rotatable bonds is 8. The SMILES string of the molecule is CC[C@]1(c2ccccc2)NC(=O)N(NC(=O)CN(C)Cc2cccc(OC)c2)C1=O. The highest BCUT2D eigenvalue weighted by atomic mass is 16.5. The molecule has 2 aromatic carbocycles. The summed E-state index contributed by atoms with van der Waals surface area (Å²) in [6.07, 6.45) is 0.365. The second kappa shape index (κ2) is 8.96. The summed E-state index contributed by atoms with van der Waals surface area (Å²) in [6.45, 7) is 2.34. The summed E-state index contributed by atoms with van der Waals surface area (Å²) in [5.41, 5.74) is 2.92. The highest BCUT2D eigenvalue weighted by Gasteiger charge is 2.52. The lowest BCUT2D eigenvalue weighted by atomic mass is 9.87. The van der Waals surface area contributed by atoms with Gasteiger partial charge in [-0.25, -0.2) is 4.79 Å². The molecule has 1 heterocycles. The zero-order valence-electron chi connectivity index (χ0n) is 17.3. The number of carbonyl (C=O) groups excluding carboxylic acids is 3. The Morgan fingerprint density at radius 2 is 1.90 bits per heavy atom. The molecule has 158 valence electrons. The van der Waals surface area contributed by atoms with Crippen LogP contribution in [0.25, 0.3) is 0 Å². The smallest absolute Gasteiger partial charge is 0.344 e. The molecule has 0 aliphatic carbocycles. The number of imide groups is 1. The Bertz CT molecular complexity index is 934. The van der Waals surface area contributed by atoms with E-state index in [0.29, 0.717) is 18.5 Å². The number of benzene rings is 2. The molecule has 1 aliphatic heterocycles. The first-order valence-corrected chi connectivity index (χ1v) is 9.73. The Labute approximate surface area is 175 Å². The van der Waals surface area contributed by atoms with E-state index in [-0.39, 0.29) is 6.54 Å². The zero-order chi connectivity index (χ0) is 21.7. The molecule has 30 heavy (non-hydrogen) atoms. The van der Waals surface area contributed by atoms with E-state index in [1.54, 1.807) is 43.3 Å². The maximum absolute atomic E-state index is 13.1. The molecule has 3 rings (SSSR count). The van der Waals surface area contributed by atoms with E-state index in [9.17, 15) is 14.4 Å². The molecule has 8 nitrogen and oxygen atoms in total. The number of methoxy groups -OCH3 is 1. The normalized spacial score (nSPS) is 18.5. The van der Waals surface area contributed by atoms with Crippen LogP contribution in [0.15, 0.2) is 54.6 Å². The molecular weight excluding hydrogens is 384 g/mol. The third-order valence-corrected chi connectivity index (χ3v) is 5.13. The summed E-state index contributed by atoms with van der Waals surface area (Å²) in [6, 6.07) is 15.9. The van der Waals surface area contributed by atoms with E-state index in [0.717, 1.165) is 16.3 Å². The Kier molecular flexibility index (Phi) is 6.37. The van der Waals surface area contributed by atoms with Gasteiger partial charge in [-0.1, -0.05) is 49.4 Å². The zero-order valence-corrected chi connectivity index (χ0v) is 17.3. The fourth-order valence-electron chi connectivity index (χ4n) is 3.58. The number of likely N-dealkylation sites (N-methyl/N-ethyl adjacent to an activating group) is 1. The van der Waals surface area contributed by atoms with Crippen molar-refractivity contribution in [3.63, 3.8) is 0 Å². The Hall–Kier alpha value is -3.39. The molecule has 0 radical (unpaired) electrons. The van der Waals surface area contributed by atoms with Crippen molar-refractivity contribution in [2.45, 2.75) is 25.4 Å². The van der Waals surface area contributed by atoms with Crippen LogP contribution in [0.2, 0.25) is 0 Å². The molecule has 0 unspecified atom stereocenters. The van der Waals surface area contributed by atoms with Gasteiger partial charge in [0.05, 0.1) is 13.7 Å². The topological polar surface area (TPSA) is 91.0 Å². The molecule has 0 saturated carbocycles. The van der Waals surface area contributed by atoms with Crippen molar-refractivity contribution in [1.29, 1.82) is 0 Å². The standard InChI is InChI=1S/C22H26N4O4/c1-4-22(17-10-6-5-7-11-17)20(28)26(21(29)23-22)24-19(27)15-25(2)14-16-9-8-12-18(13-16)30-3/h5-13H,4,14-15H2,1-3H3,(H,23,29)(H,24,27)/t22-/m1/s1. The maximum Gasteiger partial charge on any atom is 0.344 e. The van der Waals surface area contributed by atoms with Crippen LogP contribution in [-0.2, 0) is 21.7 Å². The fraction of sp³-hybridized carbons (Fsp3) is 0.318. The highest BCUT2D eigenvalue weighted by Crippen LogP contribution is 2.31. The third kappa shape index (κ3) is 4.28. The Morgan fingerprint density at radius 3 is 2.57 bits per heavy atom. The van der Waals surface area contributed by atoms with E-state index in [4.69, 9.17) is 4.74 Å². The molecule has 1 fully saturated rings. The molecule has 2 aromatic rings. The summed E-state index contributed by atoms with van der Waals surface area (Å²) >= 11 is 0. The molecule has 2 N–H and O–H groups in total. The lowest BCUT2D eigenvalue weighted by Crippen LogP contribution is -2.50. The van der Waals surface area contributed by atoms with E-state index in [2.05, 4.69) is 10.7 Å². The largest absolute Gasteiger partial charge is 0.497 e. The maximum atomic E-state index is 13.1. The van der Waals surface area contributed by atoms with Gasteiger partial charge in [-0.15, -0.1) is 0 Å². The van der Waals surface area contributed by atoms with Crippen LogP contribution in [0, 0.1) is 0 Å². The lowest BCUT2D eigenvalue weighted by molar-refractivity contribution is -0.139. The average molecular weight is 410 g/mol. The van der Waals surface area contributed by atoms with Gasteiger partial charge in [0.1, 0.15) is 11.3 Å². The molecule has 4 amide bonds. The van der Waals surface area contributed by atoms with Crippen molar-refractivity contribution in [2.24, 2.45) is 0 Å². The first kappa shape index (κ1) is 21.3. The van der Waals surface area contributed by atoms with Gasteiger partial charge in [-0.05, 0) is 36.7 Å². The van der Waals surface area contributed by atoms with Crippen LogP contribution in [0.3, 0.4) is 0 Å². The molecule has 8 heteroatoms. The van der Waals surface area contributed by atoms with Crippen LogP contribution in [0.4, 0.5) is 4.79 Å². The van der Waals surface area contributed by atoms with Crippen molar-refractivity contribution in [3.05, 3.63) is 65.7 Å². The van der Waals surface area contributed by atoms with Crippen LogP contribution < -0.4 is 15.5 Å². The summed E-state index contributed by atoms with van der Waals surface area (Å²) in [5.74, 6) is -0.213. The van der Waals surface area contributed by atoms with Gasteiger partial charge in [0, 0.05) is 6.54 Å². The molecule has 0 spiro atoms. The van der Waals surface area contributed by atoms with Crippen LogP contribution >= 0.6 is 0 Å². The second-order valence-corrected chi connectivity index (χ2v) is 7.25. The number of hydrazine groups is 1. The summed E-state index contributed by atoms with van der Waals surface area (Å²) in [5, 5.41) is 3.52. The predicted molar refractivity (Wildman–Crippen MR) is 111 cm³/mol. The van der Waals surface area contributed by atoms with Gasteiger partial charge in [0.2, 0.25) is 0 Å². The Morgan fingerprint density at radius 1 is 1.17 bits per heavy atom. The predicted octanol–water partition coefficient (Wildman–Crippen LogP) is 2.02. The summed E-state index contributed by atoms with van der Waals surface area (Å²) in [7, 11) is 3.38. The van der Waals surface area contributed by atoms with Crippen molar-refractivity contribution in [2.75, 3.05) is 20.7 Å². The lowest BCUT2D eigenvalue weighted by Gasteiger charge is -2.25. The van der Waals surface area contributed by atoms with Gasteiger partial charge in [-0.2, -0.15) is 5.01 Å². The van der Waals surface area contributed by atoms with Crippen LogP contribution in [0.1, 0.15) is 24.5 Å². The number of nitrogens with one attached hydrogen (secondary N) is 2. The van der Waals surface area contributed by atoms with Gasteiger partial charge in [-0.3, -0.25) is 19.9 Å². The van der Waals surface area contributed by atoms with Crippen molar-refractivity contribution < 1.29 is 19.1 Å². The van der Waals surface area contributed by atoms with Gasteiger partial charge in [0.25, 0.3) is 11.8 Å². The molecule has 1 aliphatic rings. The number of hydrogen-bond donors (Lipinski definition) is 2. The second-order valence-electron chi connectivity index (χ2n) is 7.25. The highest BCUT2D eigenvalue weighted by molar-refractivity contribution is 6.08. The Balaban J connectivity index is 1.64. The monoisotopic (exact) mass is 410 g/mol. The molecule has 1 atom stereocenters. The molecular formula is C22H26N4O4. The first-order valence-electron chi connectivity index (χ1n) is 9.73. The van der Waals surface area contributed by atoms with Gasteiger partial charge < -0.3 is 10.1 Å². The fourth-order valence-corrected chi connectivity index (χ4v) is 3.58. The van der Waals surface area contributed by atoms with Crippen LogP contribution in [0.5, 0.6) is 5.75 Å². The van der Waals surface area contributed by atoms with Crippen molar-refractivity contribution in [3.8, 4) is 5.75 Å². The minimum atomic E-state index is -1.18. The van der Waals surface area contributed by atoms with E-state index in [1.807, 2.05) is 37.3 Å². The number of hydrogen-bond acceptors (Lipinski definition) is 5. The number of amides is 4. The van der Waals surface area contributed by atoms with Gasteiger partial charge >= 0.3 is 6.03 Å². The van der Waals surface area contributed by atoms with Crippen molar-refractivity contribution >= 4 is 17.8 Å². The number of nitrogens with zero attached hydrogens (tertiary/aromatic N) is 2. The third-order valence-electron chi connectivity index (χ3n) is 5.13. The number of ether oxygens (including phenoxy) is 1. The average Bonchev–Trinajstić information content (AvgIpc) is 2.99. The van der Waals surface area contributed by atoms with Crippen molar-refractivity contribution in [1.82, 2.24) is 20.7 Å². The quantitative estimate of drug-likeness (QED) is 0.650. The number of carbonyl (C=O) groups is 3. The first-order chi connectivity index (χ1) is 14.4. The van der Waals surface area contributed by atoms with Crippen LogP contribution in [-0.4, -0.2) is 48.5 Å². The summed E-state index contributed by atoms with van der Waals surface area (Å²) in [4.78, 5) is 39.8. The van der Waals surface area contributed by atoms with E-state index < -0.39 is 23.4 Å². The molecule has 1 saturated heterocycles. The van der Waals surface area contributed by atoms with E-state index >= 15 is 0 Å². The number of urea groups is 1. The summed E-state index contributed by atoms with van der Waals surface area (Å²) < 4.78 is 5.21. The molecule has 0 aromatic heterocycles. The minimum absolute atomic E-state index is 0.0126. The minimum Gasteiger partial charge on any atom is -0.497 e. The van der Waals surface area contributed by atoms with Gasteiger partial charge in [0.15, 0.2) is 0 Å².